The summed E-state index contributed by atoms with van der Waals surface area (Å²) in [4.78, 5) is 64.3. The molecule has 0 bridgehead atoms. The highest BCUT2D eigenvalue weighted by Gasteiger charge is 2.78. The van der Waals surface area contributed by atoms with Crippen LogP contribution in [0.5, 0.6) is 0 Å². The summed E-state index contributed by atoms with van der Waals surface area (Å²) in [6.45, 7) is 10.5. The molecule has 0 aromatic rings. The predicted octanol–water partition coefficient (Wildman–Crippen LogP) is 1.97. The lowest BCUT2D eigenvalue weighted by Crippen LogP contribution is -2.71. The lowest BCUT2D eigenvalue weighted by atomic mass is 9.52. The van der Waals surface area contributed by atoms with Gasteiger partial charge in [-0.05, 0) is 30.6 Å². The number of carbonyl (C=O) groups is 5. The number of methoxy groups -OCH3 is 1. The van der Waals surface area contributed by atoms with Crippen LogP contribution in [0.2, 0.25) is 0 Å². The second kappa shape index (κ2) is 12.8. The summed E-state index contributed by atoms with van der Waals surface area (Å²) in [5.74, 6) is -5.82. The molecule has 10 atom stereocenters. The van der Waals surface area contributed by atoms with E-state index in [-0.39, 0.29) is 32.0 Å². The van der Waals surface area contributed by atoms with Crippen LogP contribution in [0.3, 0.4) is 0 Å². The van der Waals surface area contributed by atoms with Crippen molar-refractivity contribution in [2.75, 3.05) is 20.3 Å². The van der Waals surface area contributed by atoms with Gasteiger partial charge in [-0.2, -0.15) is 0 Å². The van der Waals surface area contributed by atoms with Gasteiger partial charge in [0.15, 0.2) is 11.7 Å². The van der Waals surface area contributed by atoms with Gasteiger partial charge in [0, 0.05) is 46.6 Å². The summed E-state index contributed by atoms with van der Waals surface area (Å²) >= 11 is 0. The van der Waals surface area contributed by atoms with Gasteiger partial charge in [-0.25, -0.2) is 0 Å². The lowest BCUT2D eigenvalue weighted by molar-refractivity contribution is -0.252. The fraction of sp³-hybridized carbons (Fsp3) is 0.719. The molecule has 3 fully saturated rings. The Morgan fingerprint density at radius 3 is 2.18 bits per heavy atom. The molecule has 2 heterocycles. The molecule has 10 unspecified atom stereocenters. The van der Waals surface area contributed by atoms with Crippen molar-refractivity contribution in [1.82, 2.24) is 0 Å². The van der Waals surface area contributed by atoms with E-state index >= 15 is 0 Å². The van der Waals surface area contributed by atoms with Gasteiger partial charge >= 0.3 is 29.8 Å². The molecule has 2 aliphatic heterocycles. The van der Waals surface area contributed by atoms with Gasteiger partial charge in [0.25, 0.3) is 0 Å². The van der Waals surface area contributed by atoms with Crippen LogP contribution in [0.4, 0.5) is 0 Å². The summed E-state index contributed by atoms with van der Waals surface area (Å²) in [5, 5.41) is 12.7. The predicted molar refractivity (Wildman–Crippen MR) is 154 cm³/mol. The molecule has 13 heteroatoms. The van der Waals surface area contributed by atoms with Crippen molar-refractivity contribution in [2.24, 2.45) is 23.2 Å². The molecule has 1 N–H and O–H groups in total. The maximum Gasteiger partial charge on any atom is 0.312 e. The maximum atomic E-state index is 13.1. The number of carbonyl (C=O) groups excluding carboxylic acids is 5. The van der Waals surface area contributed by atoms with E-state index in [2.05, 4.69) is 0 Å². The minimum Gasteiger partial charge on any atom is -0.462 e. The standard InChI is InChI=1S/C32H44O13/c1-16(2)11-26(36)44-24-13-23(42-19(5)34)30(7)22(41-18(4)33)10-9-21(14-39-8)12-25-32(38,17(3)29(37)45-25)28(43-20(6)35)27(30)31(24)15-40-31/h9-10,12,16-17,22-25,27-28,38H,11,13-15H2,1-8H3. The highest BCUT2D eigenvalue weighted by molar-refractivity contribution is 5.78. The third-order valence-corrected chi connectivity index (χ3v) is 9.36. The van der Waals surface area contributed by atoms with E-state index in [4.69, 9.17) is 33.2 Å². The Kier molecular flexibility index (Phi) is 9.87. The smallest absolute Gasteiger partial charge is 0.312 e. The highest BCUT2D eigenvalue weighted by atomic mass is 16.6. The molecule has 45 heavy (non-hydrogen) atoms. The normalized spacial score (nSPS) is 38.8. The Morgan fingerprint density at radius 1 is 1.02 bits per heavy atom. The van der Waals surface area contributed by atoms with Gasteiger partial charge in [0.2, 0.25) is 0 Å². The SMILES string of the molecule is COCC1=CC2OC(=O)C(C)C2(O)C(OC(C)=O)C2C3(CO3)C(OC(=O)CC(C)C)CC(OC(C)=O)C2(C)C(OC(C)=O)C=C1. The van der Waals surface area contributed by atoms with Crippen LogP contribution in [0.1, 0.15) is 61.3 Å². The van der Waals surface area contributed by atoms with Crippen molar-refractivity contribution in [1.29, 1.82) is 0 Å². The minimum absolute atomic E-state index is 0.00262. The third kappa shape index (κ3) is 6.39. The zero-order valence-corrected chi connectivity index (χ0v) is 27.0. The van der Waals surface area contributed by atoms with Crippen LogP contribution in [0, 0.1) is 23.2 Å². The molecule has 2 saturated heterocycles. The van der Waals surface area contributed by atoms with Gasteiger partial charge in [-0.3, -0.25) is 24.0 Å². The third-order valence-electron chi connectivity index (χ3n) is 9.36. The lowest BCUT2D eigenvalue weighted by Gasteiger charge is -2.57. The monoisotopic (exact) mass is 636 g/mol. The number of ether oxygens (including phenoxy) is 7. The molecule has 2 aliphatic carbocycles. The van der Waals surface area contributed by atoms with Crippen molar-refractivity contribution < 1.29 is 62.2 Å². The minimum atomic E-state index is -2.21. The molecule has 4 aliphatic rings. The van der Waals surface area contributed by atoms with E-state index in [9.17, 15) is 29.1 Å². The van der Waals surface area contributed by atoms with Crippen LogP contribution in [-0.2, 0) is 57.1 Å². The summed E-state index contributed by atoms with van der Waals surface area (Å²) < 4.78 is 41.0. The van der Waals surface area contributed by atoms with Crippen LogP contribution >= 0.6 is 0 Å². The van der Waals surface area contributed by atoms with E-state index in [1.54, 1.807) is 19.1 Å². The number of fused-ring (bicyclic) bond motifs is 3. The van der Waals surface area contributed by atoms with Crippen molar-refractivity contribution >= 4 is 29.8 Å². The average molecular weight is 637 g/mol. The second-order valence-corrected chi connectivity index (χ2v) is 13.1. The first-order chi connectivity index (χ1) is 21.0. The Hall–Kier alpha value is -3.29. The number of rotatable bonds is 8. The molecular weight excluding hydrogens is 592 g/mol. The van der Waals surface area contributed by atoms with Crippen molar-refractivity contribution in [3.05, 3.63) is 23.8 Å². The summed E-state index contributed by atoms with van der Waals surface area (Å²) in [6.07, 6.45) is -1.46. The Labute approximate surface area is 262 Å². The van der Waals surface area contributed by atoms with Crippen molar-refractivity contribution in [3.63, 3.8) is 0 Å². The van der Waals surface area contributed by atoms with E-state index in [1.807, 2.05) is 13.8 Å². The highest BCUT2D eigenvalue weighted by Crippen LogP contribution is 2.62. The fourth-order valence-corrected chi connectivity index (χ4v) is 7.25. The van der Waals surface area contributed by atoms with Crippen LogP contribution in [-0.4, -0.2) is 97.0 Å². The Morgan fingerprint density at radius 2 is 1.64 bits per heavy atom. The van der Waals surface area contributed by atoms with Crippen LogP contribution < -0.4 is 0 Å². The molecular formula is C32H44O13. The first-order valence-electron chi connectivity index (χ1n) is 15.2. The summed E-state index contributed by atoms with van der Waals surface area (Å²) in [7, 11) is 1.46. The molecule has 1 spiro atoms. The van der Waals surface area contributed by atoms with Gasteiger partial charge < -0.3 is 38.3 Å². The number of hydrogen-bond acceptors (Lipinski definition) is 13. The van der Waals surface area contributed by atoms with Gasteiger partial charge in [-0.1, -0.05) is 26.8 Å². The number of esters is 5. The average Bonchev–Trinajstić information content (AvgIpc) is 3.67. The molecule has 0 aromatic carbocycles. The summed E-state index contributed by atoms with van der Waals surface area (Å²) in [6, 6.07) is 0. The van der Waals surface area contributed by atoms with Gasteiger partial charge in [0.05, 0.1) is 24.5 Å². The maximum absolute atomic E-state index is 13.1. The quantitative estimate of drug-likeness (QED) is 0.233. The van der Waals surface area contributed by atoms with Crippen LogP contribution in [0.15, 0.2) is 23.8 Å². The van der Waals surface area contributed by atoms with E-state index < -0.39 is 88.8 Å². The zero-order chi connectivity index (χ0) is 33.5. The molecule has 0 amide bonds. The van der Waals surface area contributed by atoms with Crippen LogP contribution in [0.25, 0.3) is 0 Å². The molecule has 0 aromatic heterocycles. The first-order valence-corrected chi connectivity index (χ1v) is 15.2. The van der Waals surface area contributed by atoms with Crippen molar-refractivity contribution in [2.45, 2.75) is 103 Å². The Balaban J connectivity index is 2.05. The second-order valence-electron chi connectivity index (χ2n) is 13.1. The summed E-state index contributed by atoms with van der Waals surface area (Å²) in [5.41, 5.74) is -4.63. The van der Waals surface area contributed by atoms with Crippen molar-refractivity contribution in [3.8, 4) is 0 Å². The zero-order valence-electron chi connectivity index (χ0n) is 27.0. The van der Waals surface area contributed by atoms with E-state index in [1.165, 1.54) is 34.0 Å². The Bertz CT molecular complexity index is 1270. The van der Waals surface area contributed by atoms with E-state index in [0.717, 1.165) is 6.92 Å². The van der Waals surface area contributed by atoms with E-state index in [0.29, 0.717) is 5.57 Å². The molecule has 1 saturated carbocycles. The number of aliphatic hydroxyl groups is 1. The number of hydrogen-bond donors (Lipinski definition) is 1. The number of epoxide rings is 1. The largest absolute Gasteiger partial charge is 0.462 e. The van der Waals surface area contributed by atoms with Gasteiger partial charge in [0.1, 0.15) is 30.0 Å². The molecule has 4 rings (SSSR count). The first kappa shape index (κ1) is 34.6. The van der Waals surface area contributed by atoms with Gasteiger partial charge in [-0.15, -0.1) is 0 Å². The topological polar surface area (TPSA) is 173 Å². The molecule has 0 radical (unpaired) electrons. The molecule has 13 nitrogen and oxygen atoms in total. The fourth-order valence-electron chi connectivity index (χ4n) is 7.25. The molecule has 250 valence electrons.